The van der Waals surface area contributed by atoms with Crippen LogP contribution < -0.4 is 15.5 Å². The molecule has 0 aliphatic carbocycles. The van der Waals surface area contributed by atoms with Gasteiger partial charge in [-0.1, -0.05) is 24.3 Å². The molecule has 3 fully saturated rings. The molecule has 9 nitrogen and oxygen atoms in total. The molecule has 0 spiro atoms. The molecule has 3 aliphatic rings. The third kappa shape index (κ3) is 7.51. The first kappa shape index (κ1) is 33.5. The molecule has 0 aromatic heterocycles. The van der Waals surface area contributed by atoms with E-state index < -0.39 is 17.7 Å². The molecule has 6 rings (SSSR count). The van der Waals surface area contributed by atoms with Crippen LogP contribution in [0.15, 0.2) is 72.8 Å². The lowest BCUT2D eigenvalue weighted by molar-refractivity contribution is -0.120. The summed E-state index contributed by atoms with van der Waals surface area (Å²) in [5.74, 6) is -0.625. The summed E-state index contributed by atoms with van der Waals surface area (Å²) < 4.78 is 19.5. The van der Waals surface area contributed by atoms with Crippen LogP contribution in [0.2, 0.25) is 0 Å². The average Bonchev–Trinajstić information content (AvgIpc) is 3.82. The molecule has 2 N–H and O–H groups in total. The summed E-state index contributed by atoms with van der Waals surface area (Å²) in [6, 6.07) is 21.4. The van der Waals surface area contributed by atoms with Crippen LogP contribution >= 0.6 is 0 Å². The van der Waals surface area contributed by atoms with Crippen LogP contribution in [0.1, 0.15) is 82.5 Å². The molecule has 2 unspecified atom stereocenters. The van der Waals surface area contributed by atoms with Crippen molar-refractivity contribution in [2.45, 2.75) is 89.1 Å². The smallest absolute Gasteiger partial charge is 0.410 e. The van der Waals surface area contributed by atoms with Gasteiger partial charge in [-0.3, -0.25) is 14.5 Å². The number of anilines is 3. The minimum atomic E-state index is -0.638. The Kier molecular flexibility index (Phi) is 9.78. The lowest BCUT2D eigenvalue weighted by Gasteiger charge is -2.33. The number of benzene rings is 3. The van der Waals surface area contributed by atoms with E-state index >= 15 is 0 Å². The maximum absolute atomic E-state index is 14.0. The molecule has 3 saturated heterocycles. The number of nitrogens with zero attached hydrogens (tertiary/aromatic N) is 3. The van der Waals surface area contributed by atoms with Gasteiger partial charge >= 0.3 is 6.09 Å². The molecular weight excluding hydrogens is 608 g/mol. The Labute approximate surface area is 283 Å². The summed E-state index contributed by atoms with van der Waals surface area (Å²) in [6.45, 7) is 6.63. The maximum Gasteiger partial charge on any atom is 0.410 e. The lowest BCUT2D eigenvalue weighted by Crippen LogP contribution is -2.45. The first-order chi connectivity index (χ1) is 23.0. The number of carbonyl (C=O) groups is 3. The maximum atomic E-state index is 14.0. The van der Waals surface area contributed by atoms with Crippen LogP contribution in [0.25, 0.3) is 0 Å². The molecule has 250 valence electrons. The van der Waals surface area contributed by atoms with Gasteiger partial charge in [-0.2, -0.15) is 0 Å². The van der Waals surface area contributed by atoms with Crippen LogP contribution in [-0.2, 0) is 14.3 Å². The van der Waals surface area contributed by atoms with Crippen molar-refractivity contribution in [3.8, 4) is 0 Å². The fourth-order valence-electron chi connectivity index (χ4n) is 7.12. The topological polar surface area (TPSA) is 94.2 Å². The highest BCUT2D eigenvalue weighted by Crippen LogP contribution is 2.47. The molecule has 2 radical (unpaired) electrons. The number of ether oxygens (including phenoxy) is 1. The van der Waals surface area contributed by atoms with Gasteiger partial charge in [-0.05, 0) is 125 Å². The Balaban J connectivity index is 1.16. The Bertz CT molecular complexity index is 1610. The number of likely N-dealkylation sites (tertiary alicyclic amines) is 1. The highest BCUT2D eigenvalue weighted by molar-refractivity contribution is 6.08. The molecular formula is C37H43BFN5O4. The monoisotopic (exact) mass is 651 g/mol. The van der Waals surface area contributed by atoms with E-state index in [0.717, 1.165) is 54.6 Å². The minimum Gasteiger partial charge on any atom is -0.444 e. The van der Waals surface area contributed by atoms with E-state index in [1.807, 2.05) is 81.4 Å². The number of amides is 3. The summed E-state index contributed by atoms with van der Waals surface area (Å²) in [5, 5.41) is 5.99. The predicted molar refractivity (Wildman–Crippen MR) is 185 cm³/mol. The van der Waals surface area contributed by atoms with E-state index in [2.05, 4.69) is 15.5 Å². The number of hydrogen-bond donors (Lipinski definition) is 2. The number of halogens is 1. The fourth-order valence-corrected chi connectivity index (χ4v) is 7.12. The van der Waals surface area contributed by atoms with Crippen molar-refractivity contribution in [1.29, 1.82) is 0 Å². The van der Waals surface area contributed by atoms with Crippen molar-refractivity contribution in [2.75, 3.05) is 28.6 Å². The third-order valence-corrected chi connectivity index (χ3v) is 9.42. The highest BCUT2D eigenvalue weighted by atomic mass is 19.1. The zero-order valence-corrected chi connectivity index (χ0v) is 27.8. The average molecular weight is 652 g/mol. The Hall–Kier alpha value is -4.38. The van der Waals surface area contributed by atoms with Crippen molar-refractivity contribution in [3.05, 3.63) is 89.7 Å². The minimum absolute atomic E-state index is 0.0139. The summed E-state index contributed by atoms with van der Waals surface area (Å²) in [4.78, 5) is 44.1. The normalized spacial score (nSPS) is 22.9. The molecule has 3 aromatic rings. The lowest BCUT2D eigenvalue weighted by atomic mass is 10.0. The molecule has 3 aliphatic heterocycles. The predicted octanol–water partition coefficient (Wildman–Crippen LogP) is 6.73. The van der Waals surface area contributed by atoms with E-state index in [-0.39, 0.29) is 35.8 Å². The largest absolute Gasteiger partial charge is 0.444 e. The number of hydrogen-bond acceptors (Lipinski definition) is 6. The molecule has 4 atom stereocenters. The Morgan fingerprint density at radius 3 is 1.73 bits per heavy atom. The van der Waals surface area contributed by atoms with Crippen molar-refractivity contribution < 1.29 is 23.5 Å². The van der Waals surface area contributed by atoms with Crippen molar-refractivity contribution >= 4 is 43.0 Å². The second kappa shape index (κ2) is 14.0. The summed E-state index contributed by atoms with van der Waals surface area (Å²) >= 11 is 0. The first-order valence-corrected chi connectivity index (χ1v) is 16.8. The summed E-state index contributed by atoms with van der Waals surface area (Å²) in [5.41, 5.74) is 3.80. The Morgan fingerprint density at radius 1 is 0.729 bits per heavy atom. The first-order valence-electron chi connectivity index (χ1n) is 16.8. The van der Waals surface area contributed by atoms with Crippen LogP contribution in [0.4, 0.5) is 26.2 Å². The van der Waals surface area contributed by atoms with Crippen LogP contribution in [0.3, 0.4) is 0 Å². The van der Waals surface area contributed by atoms with Crippen molar-refractivity contribution in [1.82, 2.24) is 9.71 Å². The van der Waals surface area contributed by atoms with E-state index in [4.69, 9.17) is 12.7 Å². The molecule has 3 amide bonds. The van der Waals surface area contributed by atoms with E-state index in [9.17, 15) is 18.8 Å². The van der Waals surface area contributed by atoms with Gasteiger partial charge in [0.2, 0.25) is 11.8 Å². The zero-order valence-electron chi connectivity index (χ0n) is 27.8. The second-order valence-corrected chi connectivity index (χ2v) is 13.9. The highest BCUT2D eigenvalue weighted by Gasteiger charge is 2.38. The van der Waals surface area contributed by atoms with E-state index in [1.165, 1.54) is 17.0 Å². The quantitative estimate of drug-likeness (QED) is 0.275. The van der Waals surface area contributed by atoms with Crippen molar-refractivity contribution in [2.24, 2.45) is 0 Å². The van der Waals surface area contributed by atoms with Crippen LogP contribution in [0.5, 0.6) is 0 Å². The molecule has 48 heavy (non-hydrogen) atoms. The number of rotatable bonds is 7. The summed E-state index contributed by atoms with van der Waals surface area (Å²) in [7, 11) is 5.98. The van der Waals surface area contributed by atoms with Gasteiger partial charge in [0, 0.05) is 23.6 Å². The fraction of sp³-hybridized carbons (Fsp3) is 0.432. The number of nitrogens with one attached hydrogen (secondary N) is 2. The van der Waals surface area contributed by atoms with E-state index in [1.54, 1.807) is 4.81 Å². The van der Waals surface area contributed by atoms with E-state index in [0.29, 0.717) is 25.2 Å². The molecule has 3 aromatic carbocycles. The van der Waals surface area contributed by atoms with Gasteiger partial charge in [0.25, 0.3) is 0 Å². The van der Waals surface area contributed by atoms with Gasteiger partial charge < -0.3 is 25.1 Å². The van der Waals surface area contributed by atoms with Gasteiger partial charge in [0.05, 0.1) is 18.1 Å². The van der Waals surface area contributed by atoms with Gasteiger partial charge in [-0.15, -0.1) is 0 Å². The zero-order chi connectivity index (χ0) is 34.0. The van der Waals surface area contributed by atoms with Gasteiger partial charge in [0.15, 0.2) is 7.98 Å². The van der Waals surface area contributed by atoms with Gasteiger partial charge in [0.1, 0.15) is 17.5 Å². The van der Waals surface area contributed by atoms with Crippen LogP contribution in [-0.4, -0.2) is 66.4 Å². The van der Waals surface area contributed by atoms with Crippen molar-refractivity contribution in [3.63, 3.8) is 0 Å². The standard InChI is InChI=1S/C37H43BFN5O4/c1-37(2,3)48-36(47)42-22-4-6-32(42)34(45)40-27-14-8-24(9-15-27)30-20-21-31(44(30)29-18-12-26(39)13-19-29)25-10-16-28(17-11-25)41-35(46)33-7-5-23-43(33)38/h8-19,30-33H,4-7,20-23H2,1-3H3,(H,40,45)(H,41,46)/t30?,31?,32-,33-/m0/s1. The Morgan fingerprint density at radius 2 is 1.23 bits per heavy atom. The molecule has 0 bridgehead atoms. The third-order valence-electron chi connectivity index (χ3n) is 9.42. The molecule has 11 heteroatoms. The molecule has 0 saturated carbocycles. The van der Waals surface area contributed by atoms with Gasteiger partial charge in [-0.25, -0.2) is 9.18 Å². The SMILES string of the molecule is [B]N1CCC[C@H]1C(=O)Nc1ccc(C2CCC(c3ccc(NC(=O)[C@@H]4CCCN4C(=O)OC(C)(C)C)cc3)N2c2ccc(F)cc2)cc1. The number of carbonyl (C=O) groups excluding carboxylic acids is 3. The second-order valence-electron chi connectivity index (χ2n) is 13.9. The summed E-state index contributed by atoms with van der Waals surface area (Å²) in [6.07, 6.45) is 4.24. The van der Waals surface area contributed by atoms with Crippen LogP contribution in [0, 0.1) is 5.82 Å². The molecule has 3 heterocycles.